The van der Waals surface area contributed by atoms with Crippen LogP contribution < -0.4 is 5.73 Å². The minimum absolute atomic E-state index is 0.282. The number of nitrogens with two attached hydrogens (primary N) is 1. The van der Waals surface area contributed by atoms with Crippen molar-refractivity contribution < 1.29 is 0 Å². The van der Waals surface area contributed by atoms with Gasteiger partial charge in [-0.2, -0.15) is 0 Å². The van der Waals surface area contributed by atoms with Gasteiger partial charge in [-0.1, -0.05) is 12.1 Å². The van der Waals surface area contributed by atoms with E-state index >= 15 is 0 Å². The highest BCUT2D eigenvalue weighted by molar-refractivity contribution is 5.82. The van der Waals surface area contributed by atoms with E-state index in [-0.39, 0.29) is 6.04 Å². The van der Waals surface area contributed by atoms with E-state index in [1.165, 1.54) is 16.5 Å². The van der Waals surface area contributed by atoms with Crippen LogP contribution in [-0.4, -0.2) is 11.0 Å². The SMILES string of the molecule is CC(N)CCc1cccc2[nH]ccc12. The molecule has 14 heavy (non-hydrogen) atoms. The number of aromatic amines is 1. The molecule has 0 radical (unpaired) electrons. The Morgan fingerprint density at radius 1 is 1.36 bits per heavy atom. The van der Waals surface area contributed by atoms with E-state index < -0.39 is 0 Å². The van der Waals surface area contributed by atoms with Crippen LogP contribution >= 0.6 is 0 Å². The highest BCUT2D eigenvalue weighted by Crippen LogP contribution is 2.18. The van der Waals surface area contributed by atoms with Crippen LogP contribution in [0, 0.1) is 0 Å². The Bertz CT molecular complexity index is 415. The first kappa shape index (κ1) is 9.28. The molecule has 2 aromatic rings. The van der Waals surface area contributed by atoms with Crippen LogP contribution in [0.15, 0.2) is 30.5 Å². The minimum Gasteiger partial charge on any atom is -0.361 e. The molecular weight excluding hydrogens is 172 g/mol. The Morgan fingerprint density at radius 2 is 2.21 bits per heavy atom. The summed E-state index contributed by atoms with van der Waals surface area (Å²) in [5.74, 6) is 0. The second-order valence-electron chi connectivity index (χ2n) is 3.87. The molecule has 0 bridgehead atoms. The van der Waals surface area contributed by atoms with E-state index in [2.05, 4.69) is 36.2 Å². The number of hydrogen-bond acceptors (Lipinski definition) is 1. The molecule has 0 aliphatic rings. The van der Waals surface area contributed by atoms with Gasteiger partial charge in [0.15, 0.2) is 0 Å². The van der Waals surface area contributed by atoms with Gasteiger partial charge in [0.1, 0.15) is 0 Å². The molecule has 0 aliphatic heterocycles. The highest BCUT2D eigenvalue weighted by atomic mass is 14.7. The van der Waals surface area contributed by atoms with Crippen LogP contribution in [0.25, 0.3) is 10.9 Å². The third-order valence-corrected chi connectivity index (χ3v) is 2.55. The molecule has 0 saturated carbocycles. The molecule has 0 fully saturated rings. The van der Waals surface area contributed by atoms with Gasteiger partial charge in [-0.3, -0.25) is 0 Å². The molecule has 2 rings (SSSR count). The fraction of sp³-hybridized carbons (Fsp3) is 0.333. The number of nitrogens with one attached hydrogen (secondary N) is 1. The summed E-state index contributed by atoms with van der Waals surface area (Å²) in [7, 11) is 0. The molecule has 1 heterocycles. The maximum absolute atomic E-state index is 5.75. The van der Waals surface area contributed by atoms with Crippen LogP contribution in [0.1, 0.15) is 18.9 Å². The Morgan fingerprint density at radius 3 is 3.00 bits per heavy atom. The lowest BCUT2D eigenvalue weighted by Gasteiger charge is -2.05. The van der Waals surface area contributed by atoms with E-state index in [4.69, 9.17) is 5.73 Å². The lowest BCUT2D eigenvalue weighted by molar-refractivity contribution is 0.668. The van der Waals surface area contributed by atoms with Gasteiger partial charge in [-0.15, -0.1) is 0 Å². The Kier molecular flexibility index (Phi) is 2.55. The molecule has 2 heteroatoms. The van der Waals surface area contributed by atoms with E-state index in [9.17, 15) is 0 Å². The van der Waals surface area contributed by atoms with E-state index in [0.717, 1.165) is 12.8 Å². The van der Waals surface area contributed by atoms with Crippen molar-refractivity contribution in [1.29, 1.82) is 0 Å². The standard InChI is InChI=1S/C12H16N2/c1-9(13)5-6-10-3-2-4-12-11(10)7-8-14-12/h2-4,7-9,14H,5-6,13H2,1H3. The number of H-pyrrole nitrogens is 1. The zero-order valence-electron chi connectivity index (χ0n) is 8.46. The summed E-state index contributed by atoms with van der Waals surface area (Å²) < 4.78 is 0. The summed E-state index contributed by atoms with van der Waals surface area (Å²) in [5.41, 5.74) is 8.36. The van der Waals surface area contributed by atoms with E-state index in [0.29, 0.717) is 0 Å². The van der Waals surface area contributed by atoms with Gasteiger partial charge in [0.05, 0.1) is 0 Å². The predicted octanol–water partition coefficient (Wildman–Crippen LogP) is 2.45. The molecule has 0 saturated heterocycles. The highest BCUT2D eigenvalue weighted by Gasteiger charge is 2.02. The van der Waals surface area contributed by atoms with Gasteiger partial charge >= 0.3 is 0 Å². The molecule has 1 aromatic heterocycles. The zero-order valence-corrected chi connectivity index (χ0v) is 8.46. The fourth-order valence-corrected chi connectivity index (χ4v) is 1.75. The van der Waals surface area contributed by atoms with Crippen molar-refractivity contribution in [3.8, 4) is 0 Å². The monoisotopic (exact) mass is 188 g/mol. The quantitative estimate of drug-likeness (QED) is 0.763. The summed E-state index contributed by atoms with van der Waals surface area (Å²) in [6, 6.07) is 8.79. The Hall–Kier alpha value is -1.28. The number of rotatable bonds is 3. The first-order chi connectivity index (χ1) is 6.77. The van der Waals surface area contributed by atoms with Crippen LogP contribution in [0.5, 0.6) is 0 Å². The Balaban J connectivity index is 2.27. The van der Waals surface area contributed by atoms with E-state index in [1.54, 1.807) is 0 Å². The topological polar surface area (TPSA) is 41.8 Å². The van der Waals surface area contributed by atoms with Crippen LogP contribution in [-0.2, 0) is 6.42 Å². The lowest BCUT2D eigenvalue weighted by atomic mass is 10.0. The van der Waals surface area contributed by atoms with Gasteiger partial charge in [-0.05, 0) is 37.5 Å². The number of hydrogen-bond donors (Lipinski definition) is 2. The summed E-state index contributed by atoms with van der Waals surface area (Å²) in [6.07, 6.45) is 4.09. The molecule has 0 spiro atoms. The zero-order chi connectivity index (χ0) is 9.97. The maximum atomic E-state index is 5.75. The minimum atomic E-state index is 0.282. The summed E-state index contributed by atoms with van der Waals surface area (Å²) in [4.78, 5) is 3.22. The van der Waals surface area contributed by atoms with Gasteiger partial charge in [0.2, 0.25) is 0 Å². The van der Waals surface area contributed by atoms with Gasteiger partial charge < -0.3 is 10.7 Å². The number of aromatic nitrogens is 1. The van der Waals surface area contributed by atoms with Crippen LogP contribution in [0.4, 0.5) is 0 Å². The van der Waals surface area contributed by atoms with Crippen LogP contribution in [0.3, 0.4) is 0 Å². The van der Waals surface area contributed by atoms with Gasteiger partial charge in [0, 0.05) is 23.1 Å². The normalized spacial score (nSPS) is 13.3. The molecule has 0 aliphatic carbocycles. The van der Waals surface area contributed by atoms with Crippen molar-refractivity contribution in [1.82, 2.24) is 4.98 Å². The maximum Gasteiger partial charge on any atom is 0.0456 e. The second kappa shape index (κ2) is 3.84. The second-order valence-corrected chi connectivity index (χ2v) is 3.87. The van der Waals surface area contributed by atoms with Gasteiger partial charge in [-0.25, -0.2) is 0 Å². The average molecular weight is 188 g/mol. The van der Waals surface area contributed by atoms with Crippen molar-refractivity contribution in [2.75, 3.05) is 0 Å². The summed E-state index contributed by atoms with van der Waals surface area (Å²) in [5, 5.41) is 1.33. The molecule has 1 aromatic carbocycles. The van der Waals surface area contributed by atoms with Crippen molar-refractivity contribution in [3.05, 3.63) is 36.0 Å². The Labute approximate surface area is 84.1 Å². The van der Waals surface area contributed by atoms with E-state index in [1.807, 2.05) is 6.20 Å². The molecular formula is C12H16N2. The largest absolute Gasteiger partial charge is 0.361 e. The molecule has 2 nitrogen and oxygen atoms in total. The van der Waals surface area contributed by atoms with Gasteiger partial charge in [0.25, 0.3) is 0 Å². The van der Waals surface area contributed by atoms with Crippen molar-refractivity contribution in [2.24, 2.45) is 5.73 Å². The number of aryl methyl sites for hydroxylation is 1. The molecule has 0 amide bonds. The summed E-state index contributed by atoms with van der Waals surface area (Å²) >= 11 is 0. The lowest BCUT2D eigenvalue weighted by Crippen LogP contribution is -2.15. The smallest absolute Gasteiger partial charge is 0.0456 e. The molecule has 74 valence electrons. The first-order valence-corrected chi connectivity index (χ1v) is 5.08. The molecule has 3 N–H and O–H groups in total. The average Bonchev–Trinajstić information content (AvgIpc) is 2.62. The number of fused-ring (bicyclic) bond motifs is 1. The third-order valence-electron chi connectivity index (χ3n) is 2.55. The predicted molar refractivity (Wildman–Crippen MR) is 60.3 cm³/mol. The van der Waals surface area contributed by atoms with Crippen molar-refractivity contribution in [3.63, 3.8) is 0 Å². The van der Waals surface area contributed by atoms with Crippen molar-refractivity contribution >= 4 is 10.9 Å². The van der Waals surface area contributed by atoms with Crippen LogP contribution in [0.2, 0.25) is 0 Å². The third kappa shape index (κ3) is 1.80. The molecule has 1 unspecified atom stereocenters. The first-order valence-electron chi connectivity index (χ1n) is 5.08. The fourth-order valence-electron chi connectivity index (χ4n) is 1.75. The summed E-state index contributed by atoms with van der Waals surface area (Å²) in [6.45, 7) is 2.05. The molecule has 1 atom stereocenters. The number of benzene rings is 1. The van der Waals surface area contributed by atoms with Crippen molar-refractivity contribution in [2.45, 2.75) is 25.8 Å².